The third-order valence-electron chi connectivity index (χ3n) is 15.0. The molecule has 0 amide bonds. The Morgan fingerprint density at radius 2 is 1.08 bits per heavy atom. The quantitative estimate of drug-likeness (QED) is 0.136. The van der Waals surface area contributed by atoms with Crippen molar-refractivity contribution in [2.75, 3.05) is 21.2 Å². The molecule has 4 heteroatoms. The van der Waals surface area contributed by atoms with E-state index in [1.807, 2.05) is 12.2 Å². The van der Waals surface area contributed by atoms with Gasteiger partial charge in [0, 0.05) is 91.8 Å². The average molecular weight is 917 g/mol. The Hall–Kier alpha value is -8.60. The number of rotatable bonds is 10. The predicted molar refractivity (Wildman–Crippen MR) is 302 cm³/mol. The van der Waals surface area contributed by atoms with Gasteiger partial charge in [-0.05, 0) is 167 Å². The first-order valence-corrected chi connectivity index (χ1v) is 24.8. The van der Waals surface area contributed by atoms with E-state index in [0.29, 0.717) is 0 Å². The number of benzene rings is 8. The fraction of sp³-hybridized carbons (Fsp3) is 0.104. The summed E-state index contributed by atoms with van der Waals surface area (Å²) in [4.78, 5) is 7.31. The minimum Gasteiger partial charge on any atom is -0.341 e. The van der Waals surface area contributed by atoms with Crippen LogP contribution in [0.3, 0.4) is 0 Å². The summed E-state index contributed by atoms with van der Waals surface area (Å²) < 4.78 is 2.46. The van der Waals surface area contributed by atoms with Crippen LogP contribution in [-0.4, -0.2) is 11.1 Å². The smallest absolute Gasteiger partial charge is 0.0539 e. The maximum Gasteiger partial charge on any atom is 0.0539 e. The van der Waals surface area contributed by atoms with Gasteiger partial charge in [-0.15, -0.1) is 0 Å². The predicted octanol–water partition coefficient (Wildman–Crippen LogP) is 17.8. The van der Waals surface area contributed by atoms with E-state index in [9.17, 15) is 0 Å². The lowest BCUT2D eigenvalue weighted by Crippen LogP contribution is -2.26. The van der Waals surface area contributed by atoms with Crippen LogP contribution in [0.1, 0.15) is 60.2 Å². The monoisotopic (exact) mass is 916 g/mol. The SMILES string of the molecule is C=CC1=Cc2c(n(-c3ccccc3)c3ccc(N(c4ccccc4)c4ccc5c(c4)C(C)(C)c4cc(N(/C6=C/C(=C)c7cc(C=C)ccc7N(c7ccccc7)CC6)c6ccccc6)ccc4-5)cc23)CC1. The van der Waals surface area contributed by atoms with Crippen molar-refractivity contribution in [1.29, 1.82) is 0 Å². The molecular formula is C67H56N4. The van der Waals surface area contributed by atoms with Crippen LogP contribution in [0.2, 0.25) is 0 Å². The molecule has 2 heterocycles. The first-order valence-electron chi connectivity index (χ1n) is 24.8. The molecule has 4 nitrogen and oxygen atoms in total. The fourth-order valence-corrected chi connectivity index (χ4v) is 11.5. The summed E-state index contributed by atoms with van der Waals surface area (Å²) in [6.45, 7) is 18.6. The van der Waals surface area contributed by atoms with Gasteiger partial charge in [0.05, 0.1) is 5.52 Å². The van der Waals surface area contributed by atoms with Crippen molar-refractivity contribution in [3.8, 4) is 16.8 Å². The summed E-state index contributed by atoms with van der Waals surface area (Å²) in [6.07, 6.45) is 11.3. The normalized spacial score (nSPS) is 15.2. The number of hydrogen-bond donors (Lipinski definition) is 0. The standard InChI is InChI=1S/C67H56N4/c1-6-47-28-35-64-59(41-47)46(3)40-56(38-39-68(64)49-20-12-8-13-21-49)70(51-24-16-10-17-25-51)55-31-34-58-57-33-30-54(44-62(57)67(4,5)63(58)45-55)69(50-22-14-9-15-23-50)53-32-37-66-61(43-53)60-42-48(7-2)29-36-65(60)71(66)52-26-18-11-19-27-52/h6-28,30-35,37,40-45H,1-3,29,36,38-39H2,4-5H3/b56-40+. The Balaban J connectivity index is 0.955. The molecule has 0 unspecified atom stereocenters. The minimum atomic E-state index is -0.299. The molecule has 9 aromatic rings. The molecule has 1 aliphatic heterocycles. The molecule has 3 aliphatic rings. The highest BCUT2D eigenvalue weighted by atomic mass is 15.2. The molecule has 0 bridgehead atoms. The van der Waals surface area contributed by atoms with E-state index in [0.717, 1.165) is 82.3 Å². The molecule has 0 fully saturated rings. The maximum atomic E-state index is 4.73. The molecule has 0 spiro atoms. The average Bonchev–Trinajstić information content (AvgIpc) is 3.86. The summed E-state index contributed by atoms with van der Waals surface area (Å²) in [5.41, 5.74) is 23.4. The van der Waals surface area contributed by atoms with Gasteiger partial charge in [-0.2, -0.15) is 0 Å². The van der Waals surface area contributed by atoms with Crippen molar-refractivity contribution >= 4 is 68.4 Å². The zero-order valence-electron chi connectivity index (χ0n) is 40.5. The highest BCUT2D eigenvalue weighted by molar-refractivity contribution is 5.98. The largest absolute Gasteiger partial charge is 0.341 e. The van der Waals surface area contributed by atoms with Crippen LogP contribution in [0.4, 0.5) is 39.8 Å². The van der Waals surface area contributed by atoms with E-state index in [2.05, 4.69) is 253 Å². The molecule has 0 radical (unpaired) electrons. The van der Waals surface area contributed by atoms with Crippen LogP contribution in [0, 0.1) is 0 Å². The van der Waals surface area contributed by atoms with E-state index in [4.69, 9.17) is 6.58 Å². The molecule has 8 aromatic carbocycles. The van der Waals surface area contributed by atoms with Crippen molar-refractivity contribution in [3.63, 3.8) is 0 Å². The zero-order chi connectivity index (χ0) is 48.2. The summed E-state index contributed by atoms with van der Waals surface area (Å²) in [5, 5.41) is 1.24. The molecule has 1 aromatic heterocycles. The van der Waals surface area contributed by atoms with Gasteiger partial charge < -0.3 is 19.3 Å². The Kier molecular flexibility index (Phi) is 10.9. The van der Waals surface area contributed by atoms with Gasteiger partial charge in [-0.25, -0.2) is 0 Å². The third kappa shape index (κ3) is 7.55. The van der Waals surface area contributed by atoms with Crippen molar-refractivity contribution in [2.45, 2.75) is 38.5 Å². The molecule has 12 rings (SSSR count). The van der Waals surface area contributed by atoms with Crippen molar-refractivity contribution in [2.24, 2.45) is 0 Å². The van der Waals surface area contributed by atoms with Gasteiger partial charge in [0.15, 0.2) is 0 Å². The van der Waals surface area contributed by atoms with E-state index in [-0.39, 0.29) is 5.41 Å². The summed E-state index contributed by atoms with van der Waals surface area (Å²) in [5.74, 6) is 0. The molecule has 344 valence electrons. The number of nitrogens with zero attached hydrogens (tertiary/aromatic N) is 4. The van der Waals surface area contributed by atoms with Crippen molar-refractivity contribution < 1.29 is 0 Å². The van der Waals surface area contributed by atoms with Gasteiger partial charge in [0.1, 0.15) is 0 Å². The van der Waals surface area contributed by atoms with E-state index >= 15 is 0 Å². The van der Waals surface area contributed by atoms with Crippen LogP contribution in [-0.2, 0) is 11.8 Å². The first-order chi connectivity index (χ1) is 34.8. The highest BCUT2D eigenvalue weighted by Crippen LogP contribution is 2.53. The molecule has 0 N–H and O–H groups in total. The molecular weight excluding hydrogens is 861 g/mol. The van der Waals surface area contributed by atoms with Crippen molar-refractivity contribution in [1.82, 2.24) is 4.57 Å². The second kappa shape index (κ2) is 17.7. The Morgan fingerprint density at radius 1 is 0.507 bits per heavy atom. The Morgan fingerprint density at radius 3 is 1.72 bits per heavy atom. The number of hydrogen-bond acceptors (Lipinski definition) is 3. The molecule has 2 aliphatic carbocycles. The number of para-hydroxylation sites is 4. The van der Waals surface area contributed by atoms with Crippen LogP contribution in [0.25, 0.3) is 45.4 Å². The third-order valence-corrected chi connectivity index (χ3v) is 15.0. The minimum absolute atomic E-state index is 0.299. The number of fused-ring (bicyclic) bond motifs is 7. The number of anilines is 7. The zero-order valence-corrected chi connectivity index (χ0v) is 40.5. The van der Waals surface area contributed by atoms with Crippen molar-refractivity contribution in [3.05, 3.63) is 271 Å². The Bertz CT molecular complexity index is 3610. The topological polar surface area (TPSA) is 14.7 Å². The van der Waals surface area contributed by atoms with Crippen LogP contribution < -0.4 is 14.7 Å². The van der Waals surface area contributed by atoms with Gasteiger partial charge in [0.2, 0.25) is 0 Å². The number of aromatic nitrogens is 1. The fourth-order valence-electron chi connectivity index (χ4n) is 11.5. The summed E-state index contributed by atoms with van der Waals surface area (Å²) in [7, 11) is 0. The number of allylic oxidation sites excluding steroid dienone is 4. The molecule has 0 saturated heterocycles. The molecule has 0 saturated carbocycles. The second-order valence-corrected chi connectivity index (χ2v) is 19.5. The van der Waals surface area contributed by atoms with E-state index in [1.54, 1.807) is 0 Å². The lowest BCUT2D eigenvalue weighted by Gasteiger charge is -2.35. The second-order valence-electron chi connectivity index (χ2n) is 19.5. The van der Waals surface area contributed by atoms with Gasteiger partial charge in [-0.1, -0.05) is 137 Å². The summed E-state index contributed by atoms with van der Waals surface area (Å²) in [6, 6.07) is 70.9. The van der Waals surface area contributed by atoms with Crippen LogP contribution >= 0.6 is 0 Å². The van der Waals surface area contributed by atoms with Gasteiger partial charge in [0.25, 0.3) is 0 Å². The first kappa shape index (κ1) is 43.7. The van der Waals surface area contributed by atoms with Crippen LogP contribution in [0.5, 0.6) is 0 Å². The van der Waals surface area contributed by atoms with Gasteiger partial charge in [-0.3, -0.25) is 0 Å². The Labute approximate surface area is 418 Å². The molecule has 71 heavy (non-hydrogen) atoms. The molecule has 0 atom stereocenters. The maximum absolute atomic E-state index is 4.73. The lowest BCUT2D eigenvalue weighted by atomic mass is 9.82. The van der Waals surface area contributed by atoms with Gasteiger partial charge >= 0.3 is 0 Å². The summed E-state index contributed by atoms with van der Waals surface area (Å²) >= 11 is 0. The lowest BCUT2D eigenvalue weighted by molar-refractivity contribution is 0.660. The van der Waals surface area contributed by atoms with E-state index in [1.165, 1.54) is 61.4 Å². The van der Waals surface area contributed by atoms with E-state index < -0.39 is 0 Å². The van der Waals surface area contributed by atoms with Crippen LogP contribution in [0.15, 0.2) is 237 Å². The highest BCUT2D eigenvalue weighted by Gasteiger charge is 2.37.